The van der Waals surface area contributed by atoms with Crippen LogP contribution >= 0.6 is 0 Å². The van der Waals surface area contributed by atoms with Crippen molar-refractivity contribution in [3.63, 3.8) is 0 Å². The van der Waals surface area contributed by atoms with Crippen molar-refractivity contribution in [3.05, 3.63) is 29.8 Å². The molecule has 1 saturated carbocycles. The lowest BCUT2D eigenvalue weighted by molar-refractivity contribution is -0.117. The van der Waals surface area contributed by atoms with Crippen LogP contribution in [0.3, 0.4) is 0 Å². The largest absolute Gasteiger partial charge is 0.336 e. The molecule has 2 saturated heterocycles. The molecule has 3 fully saturated rings. The Morgan fingerprint density at radius 3 is 2.80 bits per heavy atom. The Morgan fingerprint density at radius 2 is 2.00 bits per heavy atom. The van der Waals surface area contributed by atoms with Gasteiger partial charge >= 0.3 is 6.03 Å². The number of fused-ring (bicyclic) bond motifs is 3. The molecule has 7 nitrogen and oxygen atoms in total. The number of nitrogens with zero attached hydrogens (tertiary/aromatic N) is 2. The summed E-state index contributed by atoms with van der Waals surface area (Å²) in [6.45, 7) is 2.74. The standard InChI is InChI=1S/C18H25N5O2/c1-12-6-8-13(9-7-12)20-17(24)11-22-18(25)23-15-5-3-2-4-14(15)19-10-16(23)21-22/h6-9,14-16,19,21H,2-5,10-11H2,1H3,(H,20,24). The summed E-state index contributed by atoms with van der Waals surface area (Å²) < 4.78 is 0. The summed E-state index contributed by atoms with van der Waals surface area (Å²) in [7, 11) is 0. The minimum atomic E-state index is -0.197. The predicted octanol–water partition coefficient (Wildman–Crippen LogP) is 1.42. The number of hydrazine groups is 1. The number of benzene rings is 1. The quantitative estimate of drug-likeness (QED) is 0.776. The van der Waals surface area contributed by atoms with E-state index in [1.54, 1.807) is 0 Å². The third-order valence-electron chi connectivity index (χ3n) is 5.39. The van der Waals surface area contributed by atoms with Gasteiger partial charge in [0.05, 0.1) is 6.04 Å². The fourth-order valence-electron chi connectivity index (χ4n) is 4.13. The first-order valence-electron chi connectivity index (χ1n) is 9.08. The zero-order valence-electron chi connectivity index (χ0n) is 14.5. The van der Waals surface area contributed by atoms with Crippen LogP contribution in [0.1, 0.15) is 31.2 Å². The number of hydrogen-bond acceptors (Lipinski definition) is 4. The number of piperazine rings is 1. The Kier molecular flexibility index (Phi) is 4.35. The zero-order valence-corrected chi connectivity index (χ0v) is 14.5. The van der Waals surface area contributed by atoms with Gasteiger partial charge in [0.15, 0.2) is 0 Å². The van der Waals surface area contributed by atoms with Crippen molar-refractivity contribution in [1.82, 2.24) is 20.7 Å². The molecule has 0 bridgehead atoms. The lowest BCUT2D eigenvalue weighted by atomic mass is 9.87. The van der Waals surface area contributed by atoms with Gasteiger partial charge < -0.3 is 15.5 Å². The summed E-state index contributed by atoms with van der Waals surface area (Å²) in [5, 5.41) is 7.85. The molecule has 1 aromatic rings. The number of anilines is 1. The molecule has 2 heterocycles. The number of rotatable bonds is 3. The number of nitrogens with one attached hydrogen (secondary N) is 3. The van der Waals surface area contributed by atoms with E-state index in [9.17, 15) is 9.59 Å². The van der Waals surface area contributed by atoms with Crippen LogP contribution in [-0.4, -0.2) is 53.2 Å². The molecule has 0 spiro atoms. The second-order valence-electron chi connectivity index (χ2n) is 7.20. The van der Waals surface area contributed by atoms with Crippen LogP contribution in [0.25, 0.3) is 0 Å². The minimum Gasteiger partial charge on any atom is -0.324 e. The molecule has 0 aromatic heterocycles. The van der Waals surface area contributed by atoms with Gasteiger partial charge in [-0.1, -0.05) is 30.5 Å². The molecule has 7 heteroatoms. The van der Waals surface area contributed by atoms with E-state index in [1.165, 1.54) is 11.4 Å². The average Bonchev–Trinajstić information content (AvgIpc) is 2.93. The second-order valence-corrected chi connectivity index (χ2v) is 7.20. The van der Waals surface area contributed by atoms with Gasteiger partial charge in [-0.15, -0.1) is 0 Å². The molecule has 3 unspecified atom stereocenters. The molecule has 3 atom stereocenters. The fraction of sp³-hybridized carbons (Fsp3) is 0.556. The van der Waals surface area contributed by atoms with Gasteiger partial charge in [0.25, 0.3) is 0 Å². The fourth-order valence-corrected chi connectivity index (χ4v) is 4.13. The molecule has 0 radical (unpaired) electrons. The topological polar surface area (TPSA) is 76.7 Å². The highest BCUT2D eigenvalue weighted by molar-refractivity contribution is 5.94. The maximum absolute atomic E-state index is 12.8. The van der Waals surface area contributed by atoms with Gasteiger partial charge in [0.2, 0.25) is 5.91 Å². The molecule has 2 aliphatic heterocycles. The molecule has 1 aromatic carbocycles. The monoisotopic (exact) mass is 343 g/mol. The third kappa shape index (κ3) is 3.21. The van der Waals surface area contributed by atoms with Crippen molar-refractivity contribution in [2.75, 3.05) is 18.4 Å². The van der Waals surface area contributed by atoms with Crippen LogP contribution < -0.4 is 16.1 Å². The SMILES string of the molecule is Cc1ccc(NC(=O)CN2NC3CNC4CCCCC4N3C2=O)cc1. The highest BCUT2D eigenvalue weighted by atomic mass is 16.2. The minimum absolute atomic E-state index is 0.0110. The summed E-state index contributed by atoms with van der Waals surface area (Å²) in [6, 6.07) is 8.17. The molecule has 3 N–H and O–H groups in total. The molecule has 134 valence electrons. The van der Waals surface area contributed by atoms with Crippen LogP contribution in [0.15, 0.2) is 24.3 Å². The van der Waals surface area contributed by atoms with E-state index < -0.39 is 0 Å². The molecule has 3 aliphatic rings. The van der Waals surface area contributed by atoms with Crippen molar-refractivity contribution in [3.8, 4) is 0 Å². The summed E-state index contributed by atoms with van der Waals surface area (Å²) in [5.74, 6) is -0.197. The van der Waals surface area contributed by atoms with Crippen molar-refractivity contribution in [2.45, 2.75) is 50.9 Å². The molecule has 1 aliphatic carbocycles. The number of carbonyl (C=O) groups excluding carboxylic acids is 2. The Bertz CT molecular complexity index is 662. The Hall–Kier alpha value is -2.12. The number of amides is 3. The smallest absolute Gasteiger partial charge is 0.324 e. The van der Waals surface area contributed by atoms with Gasteiger partial charge in [0.1, 0.15) is 12.7 Å². The predicted molar refractivity (Wildman–Crippen MR) is 94.7 cm³/mol. The first-order chi connectivity index (χ1) is 12.1. The van der Waals surface area contributed by atoms with E-state index in [4.69, 9.17) is 0 Å². The Balaban J connectivity index is 1.39. The third-order valence-corrected chi connectivity index (χ3v) is 5.39. The highest BCUT2D eigenvalue weighted by Gasteiger charge is 2.47. The van der Waals surface area contributed by atoms with Crippen LogP contribution in [0.2, 0.25) is 0 Å². The van der Waals surface area contributed by atoms with E-state index in [2.05, 4.69) is 16.1 Å². The van der Waals surface area contributed by atoms with Crippen LogP contribution in [-0.2, 0) is 4.79 Å². The number of aryl methyl sites for hydroxylation is 1. The van der Waals surface area contributed by atoms with Crippen LogP contribution in [0.4, 0.5) is 10.5 Å². The lowest BCUT2D eigenvalue weighted by Crippen LogP contribution is -2.64. The van der Waals surface area contributed by atoms with E-state index in [-0.39, 0.29) is 30.7 Å². The number of urea groups is 1. The van der Waals surface area contributed by atoms with Gasteiger partial charge in [0, 0.05) is 18.3 Å². The van der Waals surface area contributed by atoms with Gasteiger partial charge in [-0.2, -0.15) is 0 Å². The highest BCUT2D eigenvalue weighted by Crippen LogP contribution is 2.30. The van der Waals surface area contributed by atoms with Crippen molar-refractivity contribution >= 4 is 17.6 Å². The summed E-state index contributed by atoms with van der Waals surface area (Å²) in [5.41, 5.74) is 5.07. The second kappa shape index (κ2) is 6.65. The number of carbonyl (C=O) groups is 2. The van der Waals surface area contributed by atoms with E-state index in [0.717, 1.165) is 37.1 Å². The first kappa shape index (κ1) is 16.4. The zero-order chi connectivity index (χ0) is 17.4. The number of hydrogen-bond donors (Lipinski definition) is 3. The molecule has 4 rings (SSSR count). The summed E-state index contributed by atoms with van der Waals surface area (Å²) >= 11 is 0. The summed E-state index contributed by atoms with van der Waals surface area (Å²) in [6.07, 6.45) is 4.48. The maximum Gasteiger partial charge on any atom is 0.336 e. The van der Waals surface area contributed by atoms with Gasteiger partial charge in [-0.25, -0.2) is 15.2 Å². The molecule has 25 heavy (non-hydrogen) atoms. The molecular formula is C18H25N5O2. The van der Waals surface area contributed by atoms with Crippen molar-refractivity contribution in [2.24, 2.45) is 0 Å². The first-order valence-corrected chi connectivity index (χ1v) is 9.08. The Morgan fingerprint density at radius 1 is 1.24 bits per heavy atom. The molecule has 3 amide bonds. The van der Waals surface area contributed by atoms with Crippen molar-refractivity contribution < 1.29 is 9.59 Å². The lowest BCUT2D eigenvalue weighted by Gasteiger charge is -2.44. The summed E-state index contributed by atoms with van der Waals surface area (Å²) in [4.78, 5) is 27.1. The Labute approximate surface area is 147 Å². The van der Waals surface area contributed by atoms with Gasteiger partial charge in [-0.05, 0) is 31.9 Å². The van der Waals surface area contributed by atoms with Gasteiger partial charge in [-0.3, -0.25) is 4.79 Å². The van der Waals surface area contributed by atoms with E-state index in [1.807, 2.05) is 36.1 Å². The molecular weight excluding hydrogens is 318 g/mol. The van der Waals surface area contributed by atoms with E-state index in [0.29, 0.717) is 6.04 Å². The maximum atomic E-state index is 12.8. The average molecular weight is 343 g/mol. The van der Waals surface area contributed by atoms with Crippen LogP contribution in [0.5, 0.6) is 0 Å². The normalized spacial score (nSPS) is 28.5. The van der Waals surface area contributed by atoms with Crippen molar-refractivity contribution in [1.29, 1.82) is 0 Å². The van der Waals surface area contributed by atoms with E-state index >= 15 is 0 Å². The van der Waals surface area contributed by atoms with Crippen LogP contribution in [0, 0.1) is 6.92 Å².